The number of piperidine rings is 1. The maximum atomic E-state index is 4.51. The van der Waals surface area contributed by atoms with E-state index in [9.17, 15) is 0 Å². The van der Waals surface area contributed by atoms with Crippen LogP contribution in [-0.4, -0.2) is 23.0 Å². The lowest BCUT2D eigenvalue weighted by molar-refractivity contribution is 0.175. The highest BCUT2D eigenvalue weighted by Crippen LogP contribution is 2.18. The summed E-state index contributed by atoms with van der Waals surface area (Å²) < 4.78 is 0. The molecule has 1 fully saturated rings. The Labute approximate surface area is 90.0 Å². The first-order chi connectivity index (χ1) is 6.74. The first-order valence-electron chi connectivity index (χ1n) is 5.37. The predicted octanol–water partition coefficient (Wildman–Crippen LogP) is 2.68. The van der Waals surface area contributed by atoms with Crippen LogP contribution in [0.15, 0.2) is 5.38 Å². The highest BCUT2D eigenvalue weighted by Gasteiger charge is 2.16. The Kier molecular flexibility index (Phi) is 3.19. The number of aryl methyl sites for hydroxylation is 1. The third-order valence-electron chi connectivity index (χ3n) is 2.79. The normalized spacial score (nSPS) is 24.0. The van der Waals surface area contributed by atoms with Crippen LogP contribution in [0, 0.1) is 12.8 Å². The number of aromatic nitrogens is 1. The zero-order chi connectivity index (χ0) is 9.97. The molecule has 1 aromatic heterocycles. The first-order valence-corrected chi connectivity index (χ1v) is 6.25. The number of nitrogens with zero attached hydrogens (tertiary/aromatic N) is 2. The monoisotopic (exact) mass is 210 g/mol. The van der Waals surface area contributed by atoms with Crippen molar-refractivity contribution in [3.8, 4) is 0 Å². The van der Waals surface area contributed by atoms with Crippen molar-refractivity contribution >= 4 is 11.3 Å². The third kappa shape index (κ3) is 2.55. The molecule has 0 N–H and O–H groups in total. The van der Waals surface area contributed by atoms with Crippen LogP contribution in [-0.2, 0) is 6.54 Å². The fourth-order valence-corrected chi connectivity index (χ4v) is 2.74. The number of likely N-dealkylation sites (tertiary alicyclic amines) is 1. The molecule has 0 spiro atoms. The molecule has 3 heteroatoms. The van der Waals surface area contributed by atoms with E-state index < -0.39 is 0 Å². The van der Waals surface area contributed by atoms with Crippen molar-refractivity contribution in [2.24, 2.45) is 5.92 Å². The van der Waals surface area contributed by atoms with E-state index in [-0.39, 0.29) is 0 Å². The van der Waals surface area contributed by atoms with Crippen LogP contribution in [0.25, 0.3) is 0 Å². The molecule has 2 nitrogen and oxygen atoms in total. The summed E-state index contributed by atoms with van der Waals surface area (Å²) in [6.07, 6.45) is 2.75. The van der Waals surface area contributed by atoms with E-state index in [0.29, 0.717) is 0 Å². The summed E-state index contributed by atoms with van der Waals surface area (Å²) in [5.41, 5.74) is 1.25. The number of hydrogen-bond acceptors (Lipinski definition) is 3. The molecule has 1 unspecified atom stereocenters. The van der Waals surface area contributed by atoms with E-state index in [4.69, 9.17) is 0 Å². The maximum absolute atomic E-state index is 4.51. The van der Waals surface area contributed by atoms with Gasteiger partial charge in [0.15, 0.2) is 0 Å². The average molecular weight is 210 g/mol. The lowest BCUT2D eigenvalue weighted by Gasteiger charge is -2.30. The van der Waals surface area contributed by atoms with Crippen LogP contribution in [0.5, 0.6) is 0 Å². The Bertz CT molecular complexity index is 295. The van der Waals surface area contributed by atoms with Crippen LogP contribution in [0.4, 0.5) is 0 Å². The molecule has 0 aliphatic carbocycles. The fraction of sp³-hybridized carbons (Fsp3) is 0.727. The van der Waals surface area contributed by atoms with Gasteiger partial charge < -0.3 is 0 Å². The Morgan fingerprint density at radius 1 is 1.64 bits per heavy atom. The van der Waals surface area contributed by atoms with Gasteiger partial charge in [-0.05, 0) is 32.2 Å². The molecule has 1 aliphatic heterocycles. The van der Waals surface area contributed by atoms with Gasteiger partial charge in [-0.25, -0.2) is 4.98 Å². The molecule has 2 rings (SSSR count). The molecule has 0 amide bonds. The average Bonchev–Trinajstić information content (AvgIpc) is 2.51. The zero-order valence-corrected chi connectivity index (χ0v) is 9.81. The van der Waals surface area contributed by atoms with E-state index >= 15 is 0 Å². The molecule has 0 bridgehead atoms. The van der Waals surface area contributed by atoms with Crippen molar-refractivity contribution in [1.29, 1.82) is 0 Å². The lowest BCUT2D eigenvalue weighted by atomic mass is 10.0. The smallest absolute Gasteiger partial charge is 0.0897 e. The summed E-state index contributed by atoms with van der Waals surface area (Å²) in [7, 11) is 0. The summed E-state index contributed by atoms with van der Waals surface area (Å²) in [4.78, 5) is 7.04. The minimum absolute atomic E-state index is 0.864. The summed E-state index contributed by atoms with van der Waals surface area (Å²) in [6.45, 7) is 7.97. The van der Waals surface area contributed by atoms with E-state index in [2.05, 4.69) is 29.1 Å². The van der Waals surface area contributed by atoms with Gasteiger partial charge in [0.1, 0.15) is 0 Å². The Balaban J connectivity index is 1.90. The van der Waals surface area contributed by atoms with Gasteiger partial charge in [0, 0.05) is 18.5 Å². The molecule has 0 aromatic carbocycles. The van der Waals surface area contributed by atoms with Crippen molar-refractivity contribution in [3.05, 3.63) is 16.1 Å². The van der Waals surface area contributed by atoms with E-state index in [0.717, 1.165) is 12.5 Å². The highest BCUT2D eigenvalue weighted by molar-refractivity contribution is 7.09. The number of rotatable bonds is 2. The molecular weight excluding hydrogens is 192 g/mol. The van der Waals surface area contributed by atoms with Gasteiger partial charge in [0.2, 0.25) is 0 Å². The molecular formula is C11H18N2S. The topological polar surface area (TPSA) is 16.1 Å². The van der Waals surface area contributed by atoms with Crippen molar-refractivity contribution in [2.45, 2.75) is 33.2 Å². The summed E-state index contributed by atoms with van der Waals surface area (Å²) in [5.74, 6) is 0.864. The van der Waals surface area contributed by atoms with E-state index in [1.165, 1.54) is 36.6 Å². The van der Waals surface area contributed by atoms with Crippen LogP contribution in [0.3, 0.4) is 0 Å². The van der Waals surface area contributed by atoms with Crippen LogP contribution in [0.1, 0.15) is 30.5 Å². The first kappa shape index (κ1) is 10.1. The van der Waals surface area contributed by atoms with Crippen molar-refractivity contribution in [2.75, 3.05) is 13.1 Å². The van der Waals surface area contributed by atoms with Crippen LogP contribution in [0.2, 0.25) is 0 Å². The number of hydrogen-bond donors (Lipinski definition) is 0. The maximum Gasteiger partial charge on any atom is 0.0897 e. The zero-order valence-electron chi connectivity index (χ0n) is 8.99. The summed E-state index contributed by atoms with van der Waals surface area (Å²) >= 11 is 1.76. The number of thiazole rings is 1. The molecule has 2 heterocycles. The molecule has 1 aliphatic rings. The predicted molar refractivity (Wildman–Crippen MR) is 60.5 cm³/mol. The Hall–Kier alpha value is -0.410. The molecule has 1 saturated heterocycles. The standard InChI is InChI=1S/C11H18N2S/c1-9-4-3-5-13(6-9)7-11-8-14-10(2)12-11/h8-9H,3-7H2,1-2H3. The van der Waals surface area contributed by atoms with Crippen LogP contribution >= 0.6 is 11.3 Å². The lowest BCUT2D eigenvalue weighted by Crippen LogP contribution is -2.33. The van der Waals surface area contributed by atoms with Gasteiger partial charge in [-0.3, -0.25) is 4.90 Å². The second kappa shape index (κ2) is 4.41. The van der Waals surface area contributed by atoms with Crippen molar-refractivity contribution in [1.82, 2.24) is 9.88 Å². The minimum atomic E-state index is 0.864. The Morgan fingerprint density at radius 3 is 3.14 bits per heavy atom. The minimum Gasteiger partial charge on any atom is -0.297 e. The highest BCUT2D eigenvalue weighted by atomic mass is 32.1. The van der Waals surface area contributed by atoms with Crippen LogP contribution < -0.4 is 0 Å². The third-order valence-corrected chi connectivity index (χ3v) is 3.62. The van der Waals surface area contributed by atoms with Crippen molar-refractivity contribution < 1.29 is 0 Å². The largest absolute Gasteiger partial charge is 0.297 e. The van der Waals surface area contributed by atoms with Gasteiger partial charge in [-0.2, -0.15) is 0 Å². The molecule has 0 radical (unpaired) electrons. The Morgan fingerprint density at radius 2 is 2.50 bits per heavy atom. The van der Waals surface area contributed by atoms with Gasteiger partial charge >= 0.3 is 0 Å². The van der Waals surface area contributed by atoms with Gasteiger partial charge in [0.25, 0.3) is 0 Å². The SMILES string of the molecule is Cc1nc(CN2CCCC(C)C2)cs1. The second-order valence-electron chi connectivity index (χ2n) is 4.34. The van der Waals surface area contributed by atoms with E-state index in [1.54, 1.807) is 11.3 Å². The summed E-state index contributed by atoms with van der Waals surface area (Å²) in [5, 5.41) is 3.37. The van der Waals surface area contributed by atoms with Gasteiger partial charge in [-0.15, -0.1) is 11.3 Å². The van der Waals surface area contributed by atoms with Crippen molar-refractivity contribution in [3.63, 3.8) is 0 Å². The van der Waals surface area contributed by atoms with Gasteiger partial charge in [-0.1, -0.05) is 6.92 Å². The molecule has 78 valence electrons. The quantitative estimate of drug-likeness (QED) is 0.746. The molecule has 1 atom stereocenters. The van der Waals surface area contributed by atoms with E-state index in [1.807, 2.05) is 0 Å². The fourth-order valence-electron chi connectivity index (χ4n) is 2.14. The molecule has 14 heavy (non-hydrogen) atoms. The molecule has 1 aromatic rings. The van der Waals surface area contributed by atoms with Gasteiger partial charge in [0.05, 0.1) is 10.7 Å². The second-order valence-corrected chi connectivity index (χ2v) is 5.40. The summed E-state index contributed by atoms with van der Waals surface area (Å²) in [6, 6.07) is 0. The molecule has 0 saturated carbocycles.